The number of hydrogen-bond donors (Lipinski definition) is 3. The van der Waals surface area contributed by atoms with Gasteiger partial charge in [-0.25, -0.2) is 4.79 Å². The number of H-pyrrole nitrogens is 1. The molecule has 0 amide bonds. The minimum Gasteiger partial charge on any atom is -0.497 e. The van der Waals surface area contributed by atoms with Gasteiger partial charge in [0.1, 0.15) is 11.5 Å². The number of aliphatic carboxylic acids is 1. The van der Waals surface area contributed by atoms with E-state index in [9.17, 15) is 13.2 Å². The third kappa shape index (κ3) is 5.23. The van der Waals surface area contributed by atoms with Crippen LogP contribution in [0.4, 0.5) is 13.2 Å². The first-order valence-electron chi connectivity index (χ1n) is 11.2. The Morgan fingerprint density at radius 2 is 1.77 bits per heavy atom. The second kappa shape index (κ2) is 9.79. The highest BCUT2D eigenvalue weighted by atomic mass is 19.4. The summed E-state index contributed by atoms with van der Waals surface area (Å²) in [6.07, 6.45) is -2.90. The summed E-state index contributed by atoms with van der Waals surface area (Å²) in [5, 5.41) is 12.3. The van der Waals surface area contributed by atoms with Crippen LogP contribution < -0.4 is 14.8 Å². The number of hydrogen-bond acceptors (Lipinski definition) is 5. The SMILES string of the molecule is COc1ccc(CN2CCC3(C2)NCCc2c3[nH]c3ccc(OC)cc23)cc1.O=C(O)C(F)(F)F. The van der Waals surface area contributed by atoms with E-state index in [1.807, 2.05) is 18.2 Å². The first-order chi connectivity index (χ1) is 16.6. The van der Waals surface area contributed by atoms with E-state index >= 15 is 0 Å². The zero-order chi connectivity index (χ0) is 25.2. The first-order valence-corrected chi connectivity index (χ1v) is 11.2. The molecule has 10 heteroatoms. The van der Waals surface area contributed by atoms with Crippen molar-refractivity contribution >= 4 is 16.9 Å². The Bertz CT molecular complexity index is 1190. The smallest absolute Gasteiger partial charge is 0.490 e. The van der Waals surface area contributed by atoms with Gasteiger partial charge < -0.3 is 24.9 Å². The molecule has 1 atom stereocenters. The first kappa shape index (κ1) is 24.9. The molecule has 3 aromatic rings. The molecule has 0 bridgehead atoms. The molecule has 0 aliphatic carbocycles. The number of likely N-dealkylation sites (tertiary alicyclic amines) is 1. The Balaban J connectivity index is 0.000000364. The summed E-state index contributed by atoms with van der Waals surface area (Å²) < 4.78 is 42.5. The van der Waals surface area contributed by atoms with Gasteiger partial charge in [-0.3, -0.25) is 4.90 Å². The molecule has 2 aliphatic heterocycles. The minimum absolute atomic E-state index is 0.0201. The second-order valence-electron chi connectivity index (χ2n) is 8.76. The highest BCUT2D eigenvalue weighted by Gasteiger charge is 2.44. The molecule has 35 heavy (non-hydrogen) atoms. The Labute approximate surface area is 200 Å². The zero-order valence-electron chi connectivity index (χ0n) is 19.5. The molecule has 0 saturated carbocycles. The molecular formula is C25H28F3N3O4. The van der Waals surface area contributed by atoms with Gasteiger partial charge in [-0.15, -0.1) is 0 Å². The van der Waals surface area contributed by atoms with Gasteiger partial charge in [0, 0.05) is 42.8 Å². The standard InChI is InChI=1S/C23H27N3O2.C2HF3O2/c1-27-17-5-3-16(4-6-17)14-26-12-10-23(15-26)22-19(9-11-24-23)20-13-18(28-2)7-8-21(20)25-22;3-2(4,5)1(6)7/h3-8,13,24-25H,9-12,14-15H2,1-2H3;(H,6,7). The van der Waals surface area contributed by atoms with Gasteiger partial charge in [0.15, 0.2) is 0 Å². The van der Waals surface area contributed by atoms with E-state index in [2.05, 4.69) is 39.5 Å². The van der Waals surface area contributed by atoms with Crippen molar-refractivity contribution in [1.29, 1.82) is 0 Å². The van der Waals surface area contributed by atoms with Crippen molar-refractivity contribution in [1.82, 2.24) is 15.2 Å². The van der Waals surface area contributed by atoms with Crippen molar-refractivity contribution in [2.24, 2.45) is 0 Å². The van der Waals surface area contributed by atoms with Gasteiger partial charge >= 0.3 is 12.1 Å². The summed E-state index contributed by atoms with van der Waals surface area (Å²) in [5.74, 6) is -0.921. The van der Waals surface area contributed by atoms with Crippen molar-refractivity contribution in [2.45, 2.75) is 31.1 Å². The second-order valence-corrected chi connectivity index (χ2v) is 8.76. The largest absolute Gasteiger partial charge is 0.497 e. The van der Waals surface area contributed by atoms with E-state index in [1.54, 1.807) is 14.2 Å². The number of rotatable bonds is 4. The average molecular weight is 492 g/mol. The van der Waals surface area contributed by atoms with Gasteiger partial charge in [0.2, 0.25) is 0 Å². The normalized spacial score (nSPS) is 19.8. The molecule has 1 aromatic heterocycles. The van der Waals surface area contributed by atoms with E-state index in [1.165, 1.54) is 27.7 Å². The van der Waals surface area contributed by atoms with Crippen molar-refractivity contribution < 1.29 is 32.5 Å². The van der Waals surface area contributed by atoms with Gasteiger partial charge in [0.05, 0.1) is 19.8 Å². The number of fused-ring (bicyclic) bond motifs is 4. The third-order valence-electron chi connectivity index (χ3n) is 6.59. The number of nitrogens with zero attached hydrogens (tertiary/aromatic N) is 1. The van der Waals surface area contributed by atoms with Crippen LogP contribution >= 0.6 is 0 Å². The Kier molecular flexibility index (Phi) is 6.95. The molecule has 1 fully saturated rings. The maximum absolute atomic E-state index is 10.6. The van der Waals surface area contributed by atoms with Crippen LogP contribution in [0.2, 0.25) is 0 Å². The fourth-order valence-electron chi connectivity index (χ4n) is 4.90. The predicted octanol–water partition coefficient (Wildman–Crippen LogP) is 4.07. The van der Waals surface area contributed by atoms with Crippen LogP contribution in [0.25, 0.3) is 10.9 Å². The lowest BCUT2D eigenvalue weighted by Crippen LogP contribution is -2.49. The number of benzene rings is 2. The molecule has 5 rings (SSSR count). The lowest BCUT2D eigenvalue weighted by molar-refractivity contribution is -0.192. The quantitative estimate of drug-likeness (QED) is 0.510. The highest BCUT2D eigenvalue weighted by molar-refractivity contribution is 5.87. The number of halogens is 3. The summed E-state index contributed by atoms with van der Waals surface area (Å²) in [4.78, 5) is 15.2. The Morgan fingerprint density at radius 1 is 1.11 bits per heavy atom. The molecule has 2 aliphatic rings. The molecule has 1 spiro atoms. The van der Waals surface area contributed by atoms with E-state index in [0.29, 0.717) is 0 Å². The summed E-state index contributed by atoms with van der Waals surface area (Å²) in [6, 6.07) is 14.8. The summed E-state index contributed by atoms with van der Waals surface area (Å²) in [7, 11) is 3.44. The van der Waals surface area contributed by atoms with Crippen LogP contribution in [0.3, 0.4) is 0 Å². The fourth-order valence-corrected chi connectivity index (χ4v) is 4.90. The number of carboxylic acid groups (broad SMARTS) is 1. The lowest BCUT2D eigenvalue weighted by Gasteiger charge is -2.35. The number of methoxy groups -OCH3 is 2. The molecule has 1 saturated heterocycles. The molecule has 3 heterocycles. The highest BCUT2D eigenvalue weighted by Crippen LogP contribution is 2.40. The van der Waals surface area contributed by atoms with Gasteiger partial charge in [-0.1, -0.05) is 12.1 Å². The molecule has 3 N–H and O–H groups in total. The van der Waals surface area contributed by atoms with E-state index in [-0.39, 0.29) is 5.54 Å². The molecule has 188 valence electrons. The van der Waals surface area contributed by atoms with Crippen LogP contribution in [-0.2, 0) is 23.3 Å². The molecule has 7 nitrogen and oxygen atoms in total. The molecular weight excluding hydrogens is 463 g/mol. The number of aromatic nitrogens is 1. The van der Waals surface area contributed by atoms with Crippen LogP contribution in [0.15, 0.2) is 42.5 Å². The van der Waals surface area contributed by atoms with Gasteiger partial charge in [-0.05, 0) is 54.3 Å². The molecule has 1 unspecified atom stereocenters. The van der Waals surface area contributed by atoms with Gasteiger partial charge in [-0.2, -0.15) is 13.2 Å². The number of aromatic amines is 1. The Hall–Kier alpha value is -3.24. The van der Waals surface area contributed by atoms with E-state index < -0.39 is 12.1 Å². The monoisotopic (exact) mass is 491 g/mol. The zero-order valence-corrected chi connectivity index (χ0v) is 19.5. The molecule has 0 radical (unpaired) electrons. The summed E-state index contributed by atoms with van der Waals surface area (Å²) >= 11 is 0. The maximum Gasteiger partial charge on any atom is 0.490 e. The van der Waals surface area contributed by atoms with Crippen molar-refractivity contribution in [3.8, 4) is 11.5 Å². The third-order valence-corrected chi connectivity index (χ3v) is 6.59. The van der Waals surface area contributed by atoms with Crippen LogP contribution in [-0.4, -0.2) is 61.0 Å². The molecule has 2 aromatic carbocycles. The average Bonchev–Trinajstić information content (AvgIpc) is 3.41. The lowest BCUT2D eigenvalue weighted by atomic mass is 9.86. The van der Waals surface area contributed by atoms with Crippen molar-refractivity contribution in [2.75, 3.05) is 33.9 Å². The fraction of sp³-hybridized carbons (Fsp3) is 0.400. The van der Waals surface area contributed by atoms with Crippen LogP contribution in [0, 0.1) is 0 Å². The number of carbonyl (C=O) groups is 1. The predicted molar refractivity (Wildman–Crippen MR) is 125 cm³/mol. The maximum atomic E-state index is 10.6. The van der Waals surface area contributed by atoms with Crippen LogP contribution in [0.5, 0.6) is 11.5 Å². The van der Waals surface area contributed by atoms with E-state index in [0.717, 1.165) is 50.5 Å². The Morgan fingerprint density at radius 3 is 2.40 bits per heavy atom. The minimum atomic E-state index is -5.08. The van der Waals surface area contributed by atoms with Crippen molar-refractivity contribution in [3.05, 3.63) is 59.3 Å². The number of carboxylic acids is 1. The van der Waals surface area contributed by atoms with Crippen molar-refractivity contribution in [3.63, 3.8) is 0 Å². The summed E-state index contributed by atoms with van der Waals surface area (Å²) in [5.41, 5.74) is 5.39. The number of alkyl halides is 3. The topological polar surface area (TPSA) is 86.8 Å². The number of nitrogens with one attached hydrogen (secondary N) is 2. The summed E-state index contributed by atoms with van der Waals surface area (Å²) in [6.45, 7) is 4.11. The van der Waals surface area contributed by atoms with Crippen LogP contribution in [0.1, 0.15) is 23.2 Å². The van der Waals surface area contributed by atoms with Gasteiger partial charge in [0.25, 0.3) is 0 Å². The number of ether oxygens (including phenoxy) is 2. The van der Waals surface area contributed by atoms with E-state index in [4.69, 9.17) is 19.4 Å².